The summed E-state index contributed by atoms with van der Waals surface area (Å²) in [5.41, 5.74) is 1.21. The molecule has 0 saturated carbocycles. The molecule has 2 heterocycles. The van der Waals surface area contributed by atoms with Crippen LogP contribution in [0.15, 0.2) is 41.0 Å². The zero-order chi connectivity index (χ0) is 16.2. The third-order valence-corrected chi connectivity index (χ3v) is 4.23. The minimum Gasteiger partial charge on any atom is -0.378 e. The van der Waals surface area contributed by atoms with Crippen LogP contribution < -0.4 is 10.2 Å². The van der Waals surface area contributed by atoms with E-state index in [0.717, 1.165) is 18.8 Å². The first-order chi connectivity index (χ1) is 11.1. The predicted octanol–water partition coefficient (Wildman–Crippen LogP) is 3.07. The van der Waals surface area contributed by atoms with E-state index < -0.39 is 11.7 Å². The molecule has 1 aromatic heterocycles. The molecule has 1 N–H and O–H groups in total. The Kier molecular flexibility index (Phi) is 4.88. The Morgan fingerprint density at radius 1 is 1.26 bits per heavy atom. The van der Waals surface area contributed by atoms with E-state index in [-0.39, 0.29) is 5.56 Å². The third kappa shape index (κ3) is 3.86. The summed E-state index contributed by atoms with van der Waals surface area (Å²) in [6.07, 6.45) is 1.71. The van der Waals surface area contributed by atoms with Gasteiger partial charge < -0.3 is 15.0 Å². The highest BCUT2D eigenvalue weighted by Gasteiger charge is 2.14. The molecular formula is C16H15BrFN3O2. The second-order valence-corrected chi connectivity index (χ2v) is 5.93. The van der Waals surface area contributed by atoms with E-state index in [1.807, 2.05) is 6.07 Å². The maximum absolute atomic E-state index is 13.3. The van der Waals surface area contributed by atoms with Crippen LogP contribution in [0.5, 0.6) is 0 Å². The molecule has 1 aliphatic heterocycles. The van der Waals surface area contributed by atoms with E-state index >= 15 is 0 Å². The van der Waals surface area contributed by atoms with E-state index in [4.69, 9.17) is 4.74 Å². The quantitative estimate of drug-likeness (QED) is 0.890. The van der Waals surface area contributed by atoms with Gasteiger partial charge in [-0.1, -0.05) is 0 Å². The molecule has 1 saturated heterocycles. The van der Waals surface area contributed by atoms with Crippen LogP contribution in [0.2, 0.25) is 0 Å². The van der Waals surface area contributed by atoms with Crippen LogP contribution in [-0.4, -0.2) is 37.2 Å². The second-order valence-electron chi connectivity index (χ2n) is 5.08. The molecule has 0 spiro atoms. The fourth-order valence-corrected chi connectivity index (χ4v) is 2.75. The molecule has 1 amide bonds. The zero-order valence-corrected chi connectivity index (χ0v) is 13.8. The van der Waals surface area contributed by atoms with Crippen molar-refractivity contribution in [2.45, 2.75) is 0 Å². The highest BCUT2D eigenvalue weighted by atomic mass is 79.9. The summed E-state index contributed by atoms with van der Waals surface area (Å²) in [7, 11) is 0. The van der Waals surface area contributed by atoms with Gasteiger partial charge in [0.1, 0.15) is 11.6 Å². The number of nitrogens with zero attached hydrogens (tertiary/aromatic N) is 2. The van der Waals surface area contributed by atoms with Crippen molar-refractivity contribution in [1.82, 2.24) is 4.98 Å². The summed E-state index contributed by atoms with van der Waals surface area (Å²) >= 11 is 3.24. The smallest absolute Gasteiger partial charge is 0.258 e. The van der Waals surface area contributed by atoms with E-state index in [0.29, 0.717) is 23.5 Å². The molecule has 3 rings (SSSR count). The highest BCUT2D eigenvalue weighted by Crippen LogP contribution is 2.20. The van der Waals surface area contributed by atoms with E-state index in [1.165, 1.54) is 18.2 Å². The number of anilines is 2. The number of carbonyl (C=O) groups is 1. The molecule has 0 radical (unpaired) electrons. The number of halogens is 2. The number of hydrogen-bond acceptors (Lipinski definition) is 4. The van der Waals surface area contributed by atoms with Crippen molar-refractivity contribution in [1.29, 1.82) is 0 Å². The number of benzene rings is 1. The van der Waals surface area contributed by atoms with Crippen molar-refractivity contribution in [3.8, 4) is 0 Å². The number of morpholine rings is 1. The summed E-state index contributed by atoms with van der Waals surface area (Å²) in [5.74, 6) is -0.458. The lowest BCUT2D eigenvalue weighted by Crippen LogP contribution is -2.36. The lowest BCUT2D eigenvalue weighted by atomic mass is 10.2. The molecule has 1 aliphatic rings. The monoisotopic (exact) mass is 379 g/mol. The van der Waals surface area contributed by atoms with Crippen LogP contribution in [0.1, 0.15) is 10.4 Å². The second kappa shape index (κ2) is 7.06. The third-order valence-electron chi connectivity index (χ3n) is 3.54. The summed E-state index contributed by atoms with van der Waals surface area (Å²) in [6, 6.07) is 7.60. The molecule has 0 bridgehead atoms. The van der Waals surface area contributed by atoms with Crippen molar-refractivity contribution >= 4 is 33.3 Å². The van der Waals surface area contributed by atoms with Gasteiger partial charge in [0.25, 0.3) is 5.91 Å². The Bertz CT molecular complexity index is 703. The van der Waals surface area contributed by atoms with Gasteiger partial charge >= 0.3 is 0 Å². The lowest BCUT2D eigenvalue weighted by molar-refractivity contribution is 0.102. The van der Waals surface area contributed by atoms with Crippen LogP contribution >= 0.6 is 15.9 Å². The SMILES string of the molecule is O=C(Nc1ccc(N2CCOCC2)cn1)c1cc(F)ccc1Br. The van der Waals surface area contributed by atoms with Crippen molar-refractivity contribution in [3.05, 3.63) is 52.4 Å². The summed E-state index contributed by atoms with van der Waals surface area (Å²) in [5, 5.41) is 2.67. The highest BCUT2D eigenvalue weighted by molar-refractivity contribution is 9.10. The van der Waals surface area contributed by atoms with Gasteiger partial charge in [-0.15, -0.1) is 0 Å². The molecule has 120 valence electrons. The minimum absolute atomic E-state index is 0.226. The number of pyridine rings is 1. The maximum atomic E-state index is 13.3. The van der Waals surface area contributed by atoms with Crippen molar-refractivity contribution in [3.63, 3.8) is 0 Å². The summed E-state index contributed by atoms with van der Waals surface area (Å²) in [4.78, 5) is 18.6. The normalized spacial score (nSPS) is 14.6. The molecule has 0 aliphatic carbocycles. The average Bonchev–Trinajstić information content (AvgIpc) is 2.58. The molecule has 0 unspecified atom stereocenters. The minimum atomic E-state index is -0.464. The van der Waals surface area contributed by atoms with Gasteiger partial charge in [-0.25, -0.2) is 9.37 Å². The number of ether oxygens (including phenoxy) is 1. The Morgan fingerprint density at radius 2 is 2.04 bits per heavy atom. The van der Waals surface area contributed by atoms with E-state index in [2.05, 4.69) is 31.1 Å². The fraction of sp³-hybridized carbons (Fsp3) is 0.250. The van der Waals surface area contributed by atoms with Gasteiger partial charge in [-0.05, 0) is 46.3 Å². The number of aromatic nitrogens is 1. The molecule has 23 heavy (non-hydrogen) atoms. The van der Waals surface area contributed by atoms with Crippen LogP contribution in [0.25, 0.3) is 0 Å². The van der Waals surface area contributed by atoms with Crippen molar-refractivity contribution in [2.24, 2.45) is 0 Å². The van der Waals surface area contributed by atoms with Crippen molar-refractivity contribution in [2.75, 3.05) is 36.5 Å². The largest absolute Gasteiger partial charge is 0.378 e. The number of rotatable bonds is 3. The first-order valence-electron chi connectivity index (χ1n) is 7.18. The van der Waals surface area contributed by atoms with Crippen LogP contribution in [0.4, 0.5) is 15.9 Å². The molecule has 7 heteroatoms. The molecular weight excluding hydrogens is 365 g/mol. The number of hydrogen-bond donors (Lipinski definition) is 1. The zero-order valence-electron chi connectivity index (χ0n) is 12.3. The maximum Gasteiger partial charge on any atom is 0.258 e. The summed E-state index contributed by atoms with van der Waals surface area (Å²) in [6.45, 7) is 3.05. The van der Waals surface area contributed by atoms with Gasteiger partial charge in [0.15, 0.2) is 0 Å². The van der Waals surface area contributed by atoms with Gasteiger partial charge in [0.05, 0.1) is 30.7 Å². The van der Waals surface area contributed by atoms with Crippen molar-refractivity contribution < 1.29 is 13.9 Å². The Labute approximate surface area is 141 Å². The van der Waals surface area contributed by atoms with Crippen LogP contribution in [0, 0.1) is 5.82 Å². The van der Waals surface area contributed by atoms with Gasteiger partial charge in [0, 0.05) is 17.6 Å². The van der Waals surface area contributed by atoms with Crippen LogP contribution in [-0.2, 0) is 4.74 Å². The number of carbonyl (C=O) groups excluding carboxylic acids is 1. The summed E-state index contributed by atoms with van der Waals surface area (Å²) < 4.78 is 19.1. The standard InChI is InChI=1S/C16H15BrFN3O2/c17-14-3-1-11(18)9-13(14)16(22)20-15-4-2-12(10-19-15)21-5-7-23-8-6-21/h1-4,9-10H,5-8H2,(H,19,20,22). The molecule has 0 atom stereocenters. The Morgan fingerprint density at radius 3 is 2.74 bits per heavy atom. The van der Waals surface area contributed by atoms with E-state index in [1.54, 1.807) is 12.3 Å². The van der Waals surface area contributed by atoms with E-state index in [9.17, 15) is 9.18 Å². The molecule has 1 fully saturated rings. The Balaban J connectivity index is 1.70. The van der Waals surface area contributed by atoms with Gasteiger partial charge in [-0.2, -0.15) is 0 Å². The average molecular weight is 380 g/mol. The number of amides is 1. The fourth-order valence-electron chi connectivity index (χ4n) is 2.32. The molecule has 1 aromatic carbocycles. The first kappa shape index (κ1) is 15.9. The molecule has 5 nitrogen and oxygen atoms in total. The number of nitrogens with one attached hydrogen (secondary N) is 1. The lowest BCUT2D eigenvalue weighted by Gasteiger charge is -2.28. The van der Waals surface area contributed by atoms with Gasteiger partial charge in [-0.3, -0.25) is 4.79 Å². The predicted molar refractivity (Wildman–Crippen MR) is 89.3 cm³/mol. The van der Waals surface area contributed by atoms with Crippen LogP contribution in [0.3, 0.4) is 0 Å². The topological polar surface area (TPSA) is 54.5 Å². The first-order valence-corrected chi connectivity index (χ1v) is 7.98. The Hall–Kier alpha value is -1.99. The van der Waals surface area contributed by atoms with Gasteiger partial charge in [0.2, 0.25) is 0 Å². The molecule has 2 aromatic rings.